The minimum atomic E-state index is -0.226. The van der Waals surface area contributed by atoms with Crippen molar-refractivity contribution in [3.8, 4) is 0 Å². The summed E-state index contributed by atoms with van der Waals surface area (Å²) in [6.45, 7) is 5.38. The highest BCUT2D eigenvalue weighted by Crippen LogP contribution is 2.18. The molecule has 0 saturated carbocycles. The molecule has 2 aromatic rings. The fourth-order valence-electron chi connectivity index (χ4n) is 2.26. The van der Waals surface area contributed by atoms with Gasteiger partial charge in [0.2, 0.25) is 0 Å². The highest BCUT2D eigenvalue weighted by atomic mass is 32.1. The SMILES string of the molecule is CN=C(NCc1ccc(N(C)C)c(F)c1)NCc1nc(C(C)C)cs1. The van der Waals surface area contributed by atoms with E-state index in [9.17, 15) is 4.39 Å². The van der Waals surface area contributed by atoms with Crippen LogP contribution in [0.5, 0.6) is 0 Å². The molecule has 0 aliphatic carbocycles. The zero-order valence-electron chi connectivity index (χ0n) is 15.4. The number of nitrogens with zero attached hydrogens (tertiary/aromatic N) is 3. The van der Waals surface area contributed by atoms with Gasteiger partial charge in [0.15, 0.2) is 5.96 Å². The Kier molecular flexibility index (Phi) is 6.75. The van der Waals surface area contributed by atoms with Gasteiger partial charge < -0.3 is 15.5 Å². The van der Waals surface area contributed by atoms with Crippen LogP contribution in [0.2, 0.25) is 0 Å². The molecular formula is C18H26FN5S. The first kappa shape index (κ1) is 19.2. The summed E-state index contributed by atoms with van der Waals surface area (Å²) >= 11 is 1.64. The maximum atomic E-state index is 14.0. The molecule has 0 aliphatic heterocycles. The van der Waals surface area contributed by atoms with E-state index in [1.54, 1.807) is 35.4 Å². The molecule has 136 valence electrons. The van der Waals surface area contributed by atoms with E-state index >= 15 is 0 Å². The highest BCUT2D eigenvalue weighted by molar-refractivity contribution is 7.09. The minimum Gasteiger partial charge on any atom is -0.375 e. The predicted molar refractivity (Wildman–Crippen MR) is 104 cm³/mol. The first-order chi connectivity index (χ1) is 11.9. The van der Waals surface area contributed by atoms with Crippen molar-refractivity contribution in [1.29, 1.82) is 0 Å². The maximum Gasteiger partial charge on any atom is 0.191 e. The van der Waals surface area contributed by atoms with E-state index in [-0.39, 0.29) is 5.82 Å². The summed E-state index contributed by atoms with van der Waals surface area (Å²) in [4.78, 5) is 10.5. The van der Waals surface area contributed by atoms with Crippen LogP contribution < -0.4 is 15.5 Å². The van der Waals surface area contributed by atoms with Crippen molar-refractivity contribution in [2.75, 3.05) is 26.0 Å². The lowest BCUT2D eigenvalue weighted by atomic mass is 10.2. The Balaban J connectivity index is 1.88. The molecule has 0 spiro atoms. The Morgan fingerprint density at radius 3 is 2.56 bits per heavy atom. The Labute approximate surface area is 153 Å². The van der Waals surface area contributed by atoms with Gasteiger partial charge in [-0.3, -0.25) is 4.99 Å². The molecule has 0 amide bonds. The fourth-order valence-corrected chi connectivity index (χ4v) is 3.16. The third-order valence-corrected chi connectivity index (χ3v) is 4.61. The number of aliphatic imine (C=N–C) groups is 1. The standard InChI is InChI=1S/C18H26FN5S/c1-12(2)15-11-25-17(23-15)10-22-18(20-3)21-9-13-6-7-16(24(4)5)14(19)8-13/h6-8,11-12H,9-10H2,1-5H3,(H2,20,21,22). The van der Waals surface area contributed by atoms with Crippen molar-refractivity contribution in [2.24, 2.45) is 4.99 Å². The third-order valence-electron chi connectivity index (χ3n) is 3.75. The molecule has 1 aromatic heterocycles. The molecule has 7 heteroatoms. The maximum absolute atomic E-state index is 14.0. The van der Waals surface area contributed by atoms with Gasteiger partial charge in [-0.05, 0) is 23.6 Å². The number of nitrogens with one attached hydrogen (secondary N) is 2. The van der Waals surface area contributed by atoms with Gasteiger partial charge in [-0.25, -0.2) is 9.37 Å². The Hall–Kier alpha value is -2.15. The third kappa shape index (κ3) is 5.42. The average molecular weight is 364 g/mol. The van der Waals surface area contributed by atoms with Crippen molar-refractivity contribution >= 4 is 23.0 Å². The molecule has 1 heterocycles. The Bertz CT molecular complexity index is 724. The number of thiazole rings is 1. The van der Waals surface area contributed by atoms with Gasteiger partial charge >= 0.3 is 0 Å². The lowest BCUT2D eigenvalue weighted by molar-refractivity contribution is 0.623. The molecule has 0 radical (unpaired) electrons. The normalized spacial score (nSPS) is 11.7. The lowest BCUT2D eigenvalue weighted by Crippen LogP contribution is -2.36. The van der Waals surface area contributed by atoms with Crippen LogP contribution in [0, 0.1) is 5.82 Å². The summed E-state index contributed by atoms with van der Waals surface area (Å²) in [5.74, 6) is 0.872. The molecule has 0 aliphatic rings. The molecule has 0 unspecified atom stereocenters. The second kappa shape index (κ2) is 8.80. The number of benzene rings is 1. The van der Waals surface area contributed by atoms with E-state index in [0.29, 0.717) is 30.7 Å². The summed E-state index contributed by atoms with van der Waals surface area (Å²) in [7, 11) is 5.36. The van der Waals surface area contributed by atoms with Gasteiger partial charge in [0, 0.05) is 33.1 Å². The molecular weight excluding hydrogens is 337 g/mol. The number of halogens is 1. The van der Waals surface area contributed by atoms with Crippen LogP contribution in [0.25, 0.3) is 0 Å². The summed E-state index contributed by atoms with van der Waals surface area (Å²) in [6.07, 6.45) is 0. The van der Waals surface area contributed by atoms with Gasteiger partial charge in [-0.1, -0.05) is 19.9 Å². The van der Waals surface area contributed by atoms with Crippen LogP contribution in [0.4, 0.5) is 10.1 Å². The second-order valence-corrected chi connectivity index (χ2v) is 7.22. The Morgan fingerprint density at radius 1 is 1.28 bits per heavy atom. The summed E-state index contributed by atoms with van der Waals surface area (Å²) in [6, 6.07) is 5.24. The van der Waals surface area contributed by atoms with Gasteiger partial charge in [-0.2, -0.15) is 0 Å². The van der Waals surface area contributed by atoms with E-state index in [1.807, 2.05) is 20.2 Å². The van der Waals surface area contributed by atoms with Crippen LogP contribution in [-0.4, -0.2) is 32.1 Å². The molecule has 0 fully saturated rings. The molecule has 5 nitrogen and oxygen atoms in total. The quantitative estimate of drug-likeness (QED) is 0.611. The molecule has 1 aromatic carbocycles. The molecule has 0 atom stereocenters. The van der Waals surface area contributed by atoms with Crippen molar-refractivity contribution in [3.05, 3.63) is 45.7 Å². The van der Waals surface area contributed by atoms with E-state index in [2.05, 4.69) is 39.8 Å². The van der Waals surface area contributed by atoms with Crippen molar-refractivity contribution in [1.82, 2.24) is 15.6 Å². The average Bonchev–Trinajstić information content (AvgIpc) is 3.04. The first-order valence-corrected chi connectivity index (χ1v) is 9.13. The van der Waals surface area contributed by atoms with E-state index in [1.165, 1.54) is 0 Å². The number of guanidine groups is 1. The number of hydrogen-bond donors (Lipinski definition) is 2. The molecule has 25 heavy (non-hydrogen) atoms. The predicted octanol–water partition coefficient (Wildman–Crippen LogP) is 3.34. The summed E-state index contributed by atoms with van der Waals surface area (Å²) < 4.78 is 14.0. The van der Waals surface area contributed by atoms with Crippen molar-refractivity contribution in [2.45, 2.75) is 32.9 Å². The zero-order chi connectivity index (χ0) is 18.4. The molecule has 2 rings (SSSR count). The van der Waals surface area contributed by atoms with Crippen LogP contribution in [0.15, 0.2) is 28.6 Å². The number of rotatable bonds is 6. The monoisotopic (exact) mass is 363 g/mol. The summed E-state index contributed by atoms with van der Waals surface area (Å²) in [5, 5.41) is 9.55. The fraction of sp³-hybridized carbons (Fsp3) is 0.444. The van der Waals surface area contributed by atoms with Crippen molar-refractivity contribution < 1.29 is 4.39 Å². The van der Waals surface area contributed by atoms with Crippen LogP contribution in [0.1, 0.15) is 36.0 Å². The lowest BCUT2D eigenvalue weighted by Gasteiger charge is -2.15. The van der Waals surface area contributed by atoms with Crippen LogP contribution in [-0.2, 0) is 13.1 Å². The topological polar surface area (TPSA) is 52.6 Å². The van der Waals surface area contributed by atoms with Gasteiger partial charge in [0.05, 0.1) is 17.9 Å². The first-order valence-electron chi connectivity index (χ1n) is 8.25. The molecule has 0 bridgehead atoms. The minimum absolute atomic E-state index is 0.226. The molecule has 0 saturated heterocycles. The smallest absolute Gasteiger partial charge is 0.191 e. The van der Waals surface area contributed by atoms with Crippen LogP contribution in [0.3, 0.4) is 0 Å². The van der Waals surface area contributed by atoms with Crippen molar-refractivity contribution in [3.63, 3.8) is 0 Å². The highest BCUT2D eigenvalue weighted by Gasteiger charge is 2.08. The Morgan fingerprint density at radius 2 is 2.00 bits per heavy atom. The molecule has 2 N–H and O–H groups in total. The zero-order valence-corrected chi connectivity index (χ0v) is 16.2. The van der Waals surface area contributed by atoms with E-state index < -0.39 is 0 Å². The van der Waals surface area contributed by atoms with Gasteiger partial charge in [0.25, 0.3) is 0 Å². The largest absolute Gasteiger partial charge is 0.375 e. The number of anilines is 1. The number of aromatic nitrogens is 1. The van der Waals surface area contributed by atoms with Gasteiger partial charge in [0.1, 0.15) is 10.8 Å². The second-order valence-electron chi connectivity index (χ2n) is 6.28. The van der Waals surface area contributed by atoms with E-state index in [0.717, 1.165) is 16.3 Å². The van der Waals surface area contributed by atoms with E-state index in [4.69, 9.17) is 0 Å². The van der Waals surface area contributed by atoms with Crippen LogP contribution >= 0.6 is 11.3 Å². The van der Waals surface area contributed by atoms with Gasteiger partial charge in [-0.15, -0.1) is 11.3 Å². The summed E-state index contributed by atoms with van der Waals surface area (Å²) in [5.41, 5.74) is 2.56. The number of hydrogen-bond acceptors (Lipinski definition) is 4.